The van der Waals surface area contributed by atoms with Gasteiger partial charge in [0.1, 0.15) is 5.69 Å². The summed E-state index contributed by atoms with van der Waals surface area (Å²) in [6.07, 6.45) is 4.12. The molecule has 3 aromatic rings. The summed E-state index contributed by atoms with van der Waals surface area (Å²) in [5.74, 6) is 0.692. The van der Waals surface area contributed by atoms with Crippen LogP contribution in [0.15, 0.2) is 71.5 Å². The minimum atomic E-state index is -0.194. The number of benzene rings is 1. The molecular weight excluding hydrogens is 302 g/mol. The number of nitrogens with zero attached hydrogens (tertiary/aromatic N) is 1. The first-order valence-electron chi connectivity index (χ1n) is 7.86. The molecule has 24 heavy (non-hydrogen) atoms. The predicted molar refractivity (Wildman–Crippen MR) is 92.3 cm³/mol. The van der Waals surface area contributed by atoms with Gasteiger partial charge in [0.2, 0.25) is 0 Å². The van der Waals surface area contributed by atoms with E-state index in [1.807, 2.05) is 54.6 Å². The van der Waals surface area contributed by atoms with E-state index < -0.39 is 0 Å². The molecule has 0 aliphatic rings. The lowest BCUT2D eigenvalue weighted by molar-refractivity contribution is 0.240. The van der Waals surface area contributed by atoms with Gasteiger partial charge in [-0.05, 0) is 30.2 Å². The summed E-state index contributed by atoms with van der Waals surface area (Å²) in [4.78, 5) is 16.3. The van der Waals surface area contributed by atoms with Crippen LogP contribution in [0.25, 0.3) is 11.5 Å². The highest BCUT2D eigenvalue weighted by molar-refractivity contribution is 5.74. The van der Waals surface area contributed by atoms with Gasteiger partial charge >= 0.3 is 6.03 Å². The van der Waals surface area contributed by atoms with Gasteiger partial charge in [-0.25, -0.2) is 4.79 Å². The van der Waals surface area contributed by atoms with Crippen molar-refractivity contribution in [2.24, 2.45) is 0 Å². The molecule has 0 bridgehead atoms. The molecule has 2 N–H and O–H groups in total. The van der Waals surface area contributed by atoms with E-state index >= 15 is 0 Å². The van der Waals surface area contributed by atoms with Gasteiger partial charge < -0.3 is 15.1 Å². The van der Waals surface area contributed by atoms with Crippen molar-refractivity contribution in [3.05, 3.63) is 78.2 Å². The number of urea groups is 1. The molecule has 5 heteroatoms. The van der Waals surface area contributed by atoms with Gasteiger partial charge in [0, 0.05) is 24.8 Å². The zero-order valence-electron chi connectivity index (χ0n) is 13.2. The molecule has 2 heterocycles. The van der Waals surface area contributed by atoms with Crippen LogP contribution in [0.3, 0.4) is 0 Å². The lowest BCUT2D eigenvalue weighted by atomic mass is 10.1. The minimum Gasteiger partial charge on any atom is -0.463 e. The number of furan rings is 1. The lowest BCUT2D eigenvalue weighted by Crippen LogP contribution is -2.36. The van der Waals surface area contributed by atoms with Crippen LogP contribution >= 0.6 is 0 Å². The summed E-state index contributed by atoms with van der Waals surface area (Å²) >= 11 is 0. The van der Waals surface area contributed by atoms with E-state index in [9.17, 15) is 4.79 Å². The van der Waals surface area contributed by atoms with Gasteiger partial charge in [-0.1, -0.05) is 36.4 Å². The third-order valence-electron chi connectivity index (χ3n) is 3.63. The fourth-order valence-electron chi connectivity index (χ4n) is 2.42. The van der Waals surface area contributed by atoms with Crippen LogP contribution < -0.4 is 10.6 Å². The van der Waals surface area contributed by atoms with E-state index in [2.05, 4.69) is 15.6 Å². The number of amides is 2. The van der Waals surface area contributed by atoms with E-state index in [0.29, 0.717) is 18.8 Å². The van der Waals surface area contributed by atoms with Gasteiger partial charge in [-0.3, -0.25) is 4.98 Å². The number of carbonyl (C=O) groups is 1. The maximum Gasteiger partial charge on any atom is 0.315 e. The average molecular weight is 321 g/mol. The van der Waals surface area contributed by atoms with Gasteiger partial charge in [0.25, 0.3) is 0 Å². The third-order valence-corrected chi connectivity index (χ3v) is 3.63. The second-order valence-corrected chi connectivity index (χ2v) is 5.33. The fraction of sp³-hybridized carbons (Fsp3) is 0.158. The number of pyridine rings is 1. The smallest absolute Gasteiger partial charge is 0.315 e. The lowest BCUT2D eigenvalue weighted by Gasteiger charge is -2.10. The highest BCUT2D eigenvalue weighted by Gasteiger charge is 2.09. The number of nitrogens with one attached hydrogen (secondary N) is 2. The van der Waals surface area contributed by atoms with Crippen molar-refractivity contribution in [1.29, 1.82) is 0 Å². The van der Waals surface area contributed by atoms with Gasteiger partial charge in [0.05, 0.1) is 6.26 Å². The molecule has 2 amide bonds. The van der Waals surface area contributed by atoms with Gasteiger partial charge in [-0.2, -0.15) is 0 Å². The van der Waals surface area contributed by atoms with Gasteiger partial charge in [-0.15, -0.1) is 0 Å². The van der Waals surface area contributed by atoms with Crippen molar-refractivity contribution < 1.29 is 9.21 Å². The van der Waals surface area contributed by atoms with E-state index in [0.717, 1.165) is 17.7 Å². The Hall–Kier alpha value is -3.08. The number of rotatable bonds is 6. The zero-order chi connectivity index (χ0) is 16.6. The van der Waals surface area contributed by atoms with E-state index in [-0.39, 0.29) is 6.03 Å². The predicted octanol–water partition coefficient (Wildman–Crippen LogP) is 3.38. The Kier molecular flexibility index (Phi) is 5.24. The molecule has 0 saturated heterocycles. The Bertz CT molecular complexity index is 770. The molecule has 0 atom stereocenters. The molecule has 0 spiro atoms. The molecule has 122 valence electrons. The Labute approximate surface area is 140 Å². The first kappa shape index (κ1) is 15.8. The second kappa shape index (κ2) is 7.97. The summed E-state index contributed by atoms with van der Waals surface area (Å²) in [5, 5.41) is 5.72. The summed E-state index contributed by atoms with van der Waals surface area (Å²) in [7, 11) is 0. The minimum absolute atomic E-state index is 0.194. The van der Waals surface area contributed by atoms with E-state index in [1.54, 1.807) is 12.5 Å². The van der Waals surface area contributed by atoms with Crippen LogP contribution in [0.1, 0.15) is 11.1 Å². The van der Waals surface area contributed by atoms with Crippen LogP contribution in [-0.2, 0) is 13.0 Å². The average Bonchev–Trinajstić information content (AvgIpc) is 3.16. The van der Waals surface area contributed by atoms with Crippen molar-refractivity contribution in [3.8, 4) is 11.5 Å². The Balaban J connectivity index is 1.50. The molecule has 0 unspecified atom stereocenters. The Morgan fingerprint density at radius 1 is 1.00 bits per heavy atom. The van der Waals surface area contributed by atoms with E-state index in [4.69, 9.17) is 4.42 Å². The van der Waals surface area contributed by atoms with Crippen molar-refractivity contribution in [2.45, 2.75) is 13.0 Å². The Morgan fingerprint density at radius 3 is 2.67 bits per heavy atom. The molecule has 2 aromatic heterocycles. The monoisotopic (exact) mass is 321 g/mol. The maximum atomic E-state index is 11.9. The Morgan fingerprint density at radius 2 is 1.88 bits per heavy atom. The third kappa shape index (κ3) is 4.23. The molecule has 0 aliphatic carbocycles. The summed E-state index contributed by atoms with van der Waals surface area (Å²) in [6, 6.07) is 17.3. The number of aromatic nitrogens is 1. The number of hydrogen-bond donors (Lipinski definition) is 2. The largest absolute Gasteiger partial charge is 0.463 e. The highest BCUT2D eigenvalue weighted by atomic mass is 16.3. The molecule has 0 fully saturated rings. The molecular formula is C19H19N3O2. The summed E-state index contributed by atoms with van der Waals surface area (Å²) < 4.78 is 5.39. The summed E-state index contributed by atoms with van der Waals surface area (Å²) in [6.45, 7) is 0.981. The topological polar surface area (TPSA) is 67.2 Å². The van der Waals surface area contributed by atoms with Crippen LogP contribution in [0, 0.1) is 0 Å². The SMILES string of the molecule is O=C(NCCc1ccccc1)NCc1cccnc1-c1ccco1. The molecule has 0 saturated carbocycles. The first-order valence-corrected chi connectivity index (χ1v) is 7.86. The van der Waals surface area contributed by atoms with Crippen molar-refractivity contribution in [3.63, 3.8) is 0 Å². The fourth-order valence-corrected chi connectivity index (χ4v) is 2.42. The quantitative estimate of drug-likeness (QED) is 0.731. The van der Waals surface area contributed by atoms with Crippen molar-refractivity contribution in [1.82, 2.24) is 15.6 Å². The second-order valence-electron chi connectivity index (χ2n) is 5.33. The number of carbonyl (C=O) groups excluding carboxylic acids is 1. The highest BCUT2D eigenvalue weighted by Crippen LogP contribution is 2.21. The van der Waals surface area contributed by atoms with Crippen LogP contribution in [-0.4, -0.2) is 17.6 Å². The molecule has 0 aliphatic heterocycles. The van der Waals surface area contributed by atoms with E-state index in [1.165, 1.54) is 5.56 Å². The maximum absolute atomic E-state index is 11.9. The van der Waals surface area contributed by atoms with Gasteiger partial charge in [0.15, 0.2) is 5.76 Å². The standard InChI is InChI=1S/C19H19N3O2/c23-19(21-12-10-15-6-2-1-3-7-15)22-14-16-8-4-11-20-18(16)17-9-5-13-24-17/h1-9,11,13H,10,12,14H2,(H2,21,22,23). The zero-order valence-corrected chi connectivity index (χ0v) is 13.2. The number of hydrogen-bond acceptors (Lipinski definition) is 3. The summed E-state index contributed by atoms with van der Waals surface area (Å²) in [5.41, 5.74) is 2.85. The molecule has 1 aromatic carbocycles. The van der Waals surface area contributed by atoms with Crippen molar-refractivity contribution >= 4 is 6.03 Å². The molecule has 5 nitrogen and oxygen atoms in total. The van der Waals surface area contributed by atoms with Crippen LogP contribution in [0.5, 0.6) is 0 Å². The normalized spacial score (nSPS) is 10.3. The molecule has 0 radical (unpaired) electrons. The molecule has 3 rings (SSSR count). The van der Waals surface area contributed by atoms with Crippen LogP contribution in [0.4, 0.5) is 4.79 Å². The van der Waals surface area contributed by atoms with Crippen molar-refractivity contribution in [2.75, 3.05) is 6.54 Å². The first-order chi connectivity index (χ1) is 11.8. The van der Waals surface area contributed by atoms with Crippen LogP contribution in [0.2, 0.25) is 0 Å².